The Kier molecular flexibility index (Phi) is 6.20. The van der Waals surface area contributed by atoms with Crippen molar-refractivity contribution >= 4 is 34.7 Å². The number of hydrogen-bond acceptors (Lipinski definition) is 6. The van der Waals surface area contributed by atoms with Crippen LogP contribution in [0, 0.1) is 0 Å². The van der Waals surface area contributed by atoms with E-state index in [4.69, 9.17) is 14.0 Å². The van der Waals surface area contributed by atoms with E-state index in [1.54, 1.807) is 32.3 Å². The lowest BCUT2D eigenvalue weighted by atomic mass is 9.93. The molecule has 0 aliphatic carbocycles. The van der Waals surface area contributed by atoms with E-state index in [9.17, 15) is 4.57 Å². The van der Waals surface area contributed by atoms with E-state index in [0.29, 0.717) is 5.44 Å². The first-order chi connectivity index (χ1) is 16.6. The number of fused-ring (bicyclic) bond motifs is 2. The van der Waals surface area contributed by atoms with Crippen LogP contribution in [0.25, 0.3) is 43.9 Å². The molecule has 0 amide bonds. The molecule has 5 rings (SSSR count). The van der Waals surface area contributed by atoms with Gasteiger partial charge in [-0.05, 0) is 53.9 Å². The highest BCUT2D eigenvalue weighted by Gasteiger charge is 2.29. The highest BCUT2D eigenvalue weighted by atomic mass is 31.2. The van der Waals surface area contributed by atoms with Crippen LogP contribution in [0.3, 0.4) is 0 Å². The fraction of sp³-hybridized carbons (Fsp3) is 0.148. The molecule has 0 fully saturated rings. The Morgan fingerprint density at radius 1 is 0.765 bits per heavy atom. The molecule has 170 valence electrons. The molecule has 0 N–H and O–H groups in total. The third kappa shape index (κ3) is 4.12. The summed E-state index contributed by atoms with van der Waals surface area (Å²) in [6.07, 6.45) is 5.10. The van der Waals surface area contributed by atoms with Crippen molar-refractivity contribution in [1.82, 2.24) is 15.0 Å². The predicted octanol–water partition coefficient (Wildman–Crippen LogP) is 6.40. The van der Waals surface area contributed by atoms with Crippen LogP contribution in [0.1, 0.15) is 13.8 Å². The second-order valence-corrected chi connectivity index (χ2v) is 9.72. The summed E-state index contributed by atoms with van der Waals surface area (Å²) in [5.41, 5.74) is 4.88. The van der Waals surface area contributed by atoms with Crippen molar-refractivity contribution in [2.24, 2.45) is 0 Å². The van der Waals surface area contributed by atoms with Crippen LogP contribution in [0.5, 0.6) is 0 Å². The molecule has 3 aromatic carbocycles. The molecule has 0 atom stereocenters. The second-order valence-electron chi connectivity index (χ2n) is 7.75. The van der Waals surface area contributed by atoms with E-state index < -0.39 is 7.60 Å². The third-order valence-corrected chi connectivity index (χ3v) is 7.64. The van der Waals surface area contributed by atoms with Gasteiger partial charge < -0.3 is 9.05 Å². The van der Waals surface area contributed by atoms with Crippen LogP contribution in [0.15, 0.2) is 85.5 Å². The van der Waals surface area contributed by atoms with Gasteiger partial charge in [0.25, 0.3) is 0 Å². The summed E-state index contributed by atoms with van der Waals surface area (Å²) < 4.78 is 24.6. The topological polar surface area (TPSA) is 74.2 Å². The summed E-state index contributed by atoms with van der Waals surface area (Å²) in [6.45, 7) is 4.12. The van der Waals surface area contributed by atoms with Gasteiger partial charge in [-0.2, -0.15) is 0 Å². The van der Waals surface area contributed by atoms with Crippen LogP contribution in [0.4, 0.5) is 0 Å². The zero-order chi connectivity index (χ0) is 23.5. The summed E-state index contributed by atoms with van der Waals surface area (Å²) in [7, 11) is -3.54. The minimum Gasteiger partial charge on any atom is -0.304 e. The van der Waals surface area contributed by atoms with E-state index in [0.717, 1.165) is 43.9 Å². The van der Waals surface area contributed by atoms with Gasteiger partial charge in [0.15, 0.2) is 5.44 Å². The molecular weight excluding hydrogens is 445 g/mol. The maximum absolute atomic E-state index is 13.5. The summed E-state index contributed by atoms with van der Waals surface area (Å²) in [5.74, 6) is 0. The number of aromatic nitrogens is 3. The van der Waals surface area contributed by atoms with Gasteiger partial charge in [0.1, 0.15) is 6.33 Å². The molecule has 0 spiro atoms. The molecule has 0 aliphatic heterocycles. The Balaban J connectivity index is 1.82. The van der Waals surface area contributed by atoms with Crippen molar-refractivity contribution in [2.75, 3.05) is 13.2 Å². The van der Waals surface area contributed by atoms with Crippen molar-refractivity contribution in [3.8, 4) is 22.3 Å². The van der Waals surface area contributed by atoms with E-state index in [1.165, 1.54) is 6.33 Å². The number of rotatable bonds is 7. The van der Waals surface area contributed by atoms with Crippen LogP contribution >= 0.6 is 7.60 Å². The maximum atomic E-state index is 13.5. The zero-order valence-corrected chi connectivity index (χ0v) is 19.9. The van der Waals surface area contributed by atoms with Gasteiger partial charge in [0.05, 0.1) is 18.7 Å². The first kappa shape index (κ1) is 22.4. The van der Waals surface area contributed by atoms with Crippen LogP contribution < -0.4 is 5.44 Å². The number of nitrogens with zero attached hydrogens (tertiary/aromatic N) is 3. The summed E-state index contributed by atoms with van der Waals surface area (Å²) in [4.78, 5) is 13.2. The fourth-order valence-electron chi connectivity index (χ4n) is 4.17. The zero-order valence-electron chi connectivity index (χ0n) is 19.0. The Hall–Kier alpha value is -3.44. The van der Waals surface area contributed by atoms with E-state index >= 15 is 0 Å². The Morgan fingerprint density at radius 2 is 1.50 bits per heavy atom. The molecule has 34 heavy (non-hydrogen) atoms. The van der Waals surface area contributed by atoms with Crippen molar-refractivity contribution in [3.63, 3.8) is 0 Å². The molecule has 2 heterocycles. The van der Waals surface area contributed by atoms with Gasteiger partial charge in [-0.25, -0.2) is 15.0 Å². The molecule has 0 radical (unpaired) electrons. The maximum Gasteiger partial charge on any atom is 0.379 e. The molecule has 5 aromatic rings. The van der Waals surface area contributed by atoms with Crippen LogP contribution in [0.2, 0.25) is 0 Å². The first-order valence-corrected chi connectivity index (χ1v) is 12.7. The predicted molar refractivity (Wildman–Crippen MR) is 136 cm³/mol. The lowest BCUT2D eigenvalue weighted by Crippen LogP contribution is -2.14. The first-order valence-electron chi connectivity index (χ1n) is 11.2. The lowest BCUT2D eigenvalue weighted by molar-refractivity contribution is 0.229. The van der Waals surface area contributed by atoms with Crippen molar-refractivity contribution < 1.29 is 13.6 Å². The van der Waals surface area contributed by atoms with Gasteiger partial charge in [-0.1, -0.05) is 48.5 Å². The van der Waals surface area contributed by atoms with E-state index in [2.05, 4.69) is 40.3 Å². The molecule has 0 bridgehead atoms. The average molecular weight is 469 g/mol. The fourth-order valence-corrected chi connectivity index (χ4v) is 5.67. The normalized spacial score (nSPS) is 11.8. The smallest absolute Gasteiger partial charge is 0.304 e. The van der Waals surface area contributed by atoms with Gasteiger partial charge in [-0.3, -0.25) is 4.57 Å². The number of benzene rings is 3. The van der Waals surface area contributed by atoms with Gasteiger partial charge in [-0.15, -0.1) is 0 Å². The molecule has 0 saturated carbocycles. The highest BCUT2D eigenvalue weighted by molar-refractivity contribution is 7.61. The number of hydrogen-bond donors (Lipinski definition) is 0. The standard InChI is InChI=1S/C27H24N3O3P/c1-3-32-34(31,33-4-2)26-13-12-20-14-21(22-16-28-18-29-17-22)15-25(27(20)30-26)24-11-7-9-19-8-5-6-10-23(19)24/h5-18H,3-4H2,1-2H3. The average Bonchev–Trinajstić information content (AvgIpc) is 2.88. The molecule has 7 heteroatoms. The minimum absolute atomic E-state index is 0.264. The van der Waals surface area contributed by atoms with Crippen molar-refractivity contribution in [2.45, 2.75) is 13.8 Å². The van der Waals surface area contributed by atoms with Crippen molar-refractivity contribution in [1.29, 1.82) is 0 Å². The Bertz CT molecular complexity index is 1510. The van der Waals surface area contributed by atoms with Crippen LogP contribution in [-0.2, 0) is 13.6 Å². The molecule has 2 aromatic heterocycles. The van der Waals surface area contributed by atoms with E-state index in [-0.39, 0.29) is 13.2 Å². The van der Waals surface area contributed by atoms with Gasteiger partial charge >= 0.3 is 7.60 Å². The Morgan fingerprint density at radius 3 is 2.26 bits per heavy atom. The highest BCUT2D eigenvalue weighted by Crippen LogP contribution is 2.47. The van der Waals surface area contributed by atoms with Crippen molar-refractivity contribution in [3.05, 3.63) is 85.5 Å². The number of pyridine rings is 1. The molecular formula is C27H24N3O3P. The SMILES string of the molecule is CCOP(=O)(OCC)c1ccc2cc(-c3cncnc3)cc(-c3cccc4ccccc34)c2n1. The largest absolute Gasteiger partial charge is 0.379 e. The van der Waals surface area contributed by atoms with Gasteiger partial charge in [0, 0.05) is 28.9 Å². The minimum atomic E-state index is -3.54. The molecule has 6 nitrogen and oxygen atoms in total. The monoisotopic (exact) mass is 469 g/mol. The molecule has 0 saturated heterocycles. The van der Waals surface area contributed by atoms with E-state index in [1.807, 2.05) is 30.3 Å². The molecule has 0 aliphatic rings. The summed E-state index contributed by atoms with van der Waals surface area (Å²) >= 11 is 0. The van der Waals surface area contributed by atoms with Crippen LogP contribution in [-0.4, -0.2) is 28.2 Å². The van der Waals surface area contributed by atoms with Gasteiger partial charge in [0.2, 0.25) is 0 Å². The summed E-state index contributed by atoms with van der Waals surface area (Å²) in [6, 6.07) is 22.2. The Labute approximate surface area is 198 Å². The lowest BCUT2D eigenvalue weighted by Gasteiger charge is -2.18. The third-order valence-electron chi connectivity index (χ3n) is 5.63. The molecule has 0 unspecified atom stereocenters. The second kappa shape index (κ2) is 9.43. The summed E-state index contributed by atoms with van der Waals surface area (Å²) in [5, 5.41) is 3.15. The quantitative estimate of drug-likeness (QED) is 0.257.